The Labute approximate surface area is 53.3 Å². The highest BCUT2D eigenvalue weighted by Gasteiger charge is 1.83. The molecule has 9 heavy (non-hydrogen) atoms. The molecule has 4 heteroatoms. The molecule has 0 spiro atoms. The molecule has 4 nitrogen and oxygen atoms in total. The van der Waals surface area contributed by atoms with Gasteiger partial charge in [-0.15, -0.1) is 0 Å². The summed E-state index contributed by atoms with van der Waals surface area (Å²) in [6, 6.07) is 0. The van der Waals surface area contributed by atoms with Gasteiger partial charge in [0.25, 0.3) is 6.16 Å². The van der Waals surface area contributed by atoms with Gasteiger partial charge in [-0.2, -0.15) is 0 Å². The fraction of sp³-hybridized carbons (Fsp3) is 0.800. The number of hydrogen-bond donors (Lipinski definition) is 0. The van der Waals surface area contributed by atoms with Gasteiger partial charge in [-0.25, -0.2) is 0 Å². The molecule has 0 unspecified atom stereocenters. The molecule has 0 rings (SSSR count). The molecule has 0 saturated heterocycles. The quantitative estimate of drug-likeness (QED) is 0.309. The van der Waals surface area contributed by atoms with E-state index in [1.165, 1.54) is 0 Å². The largest absolute Gasteiger partial charge is 0.424 e. The zero-order valence-electron chi connectivity index (χ0n) is 5.25. The molecule has 0 aromatic carbocycles. The van der Waals surface area contributed by atoms with Crippen molar-refractivity contribution in [1.82, 2.24) is 0 Å². The van der Waals surface area contributed by atoms with Gasteiger partial charge in [0.1, 0.15) is 0 Å². The zero-order chi connectivity index (χ0) is 7.11. The Hall–Kier alpha value is -0.770. The lowest BCUT2D eigenvalue weighted by atomic mass is 10.4. The Morgan fingerprint density at radius 3 is 2.78 bits per heavy atom. The fourth-order valence-electron chi connectivity index (χ4n) is 0.293. The van der Waals surface area contributed by atoms with Crippen molar-refractivity contribution in [2.75, 3.05) is 6.61 Å². The van der Waals surface area contributed by atoms with Crippen molar-refractivity contribution in [3.8, 4) is 0 Å². The smallest absolute Gasteiger partial charge is 0.278 e. The van der Waals surface area contributed by atoms with Crippen molar-refractivity contribution in [1.29, 1.82) is 0 Å². The molecule has 0 aromatic heterocycles. The van der Waals surface area contributed by atoms with Crippen LogP contribution in [-0.2, 0) is 9.78 Å². The molecule has 54 valence electrons. The van der Waals surface area contributed by atoms with Crippen molar-refractivity contribution < 1.29 is 19.7 Å². The van der Waals surface area contributed by atoms with E-state index in [0.29, 0.717) is 6.61 Å². The van der Waals surface area contributed by atoms with Gasteiger partial charge >= 0.3 is 0 Å². The average molecular weight is 133 g/mol. The second-order valence-electron chi connectivity index (χ2n) is 1.51. The number of hydrogen-bond acceptors (Lipinski definition) is 4. The lowest BCUT2D eigenvalue weighted by Gasteiger charge is -2.05. The van der Waals surface area contributed by atoms with E-state index in [1.807, 2.05) is 6.92 Å². The van der Waals surface area contributed by atoms with E-state index in [9.17, 15) is 9.90 Å². The van der Waals surface area contributed by atoms with Gasteiger partial charge in [-0.05, 0) is 6.42 Å². The second-order valence-corrected chi connectivity index (χ2v) is 1.51. The number of carbonyl (C=O) groups excluding carboxylic acids is 1. The highest BCUT2D eigenvalue weighted by molar-refractivity contribution is 5.52. The van der Waals surface area contributed by atoms with E-state index >= 15 is 0 Å². The molecular weight excluding hydrogens is 124 g/mol. The molecule has 0 radical (unpaired) electrons. The summed E-state index contributed by atoms with van der Waals surface area (Å²) in [5, 5.41) is 9.50. The third-order valence-corrected chi connectivity index (χ3v) is 0.708. The van der Waals surface area contributed by atoms with Crippen LogP contribution in [0.15, 0.2) is 0 Å². The molecule has 0 bridgehead atoms. The predicted molar refractivity (Wildman–Crippen MR) is 27.3 cm³/mol. The Morgan fingerprint density at radius 1 is 1.67 bits per heavy atom. The third-order valence-electron chi connectivity index (χ3n) is 0.708. The Morgan fingerprint density at radius 2 is 2.33 bits per heavy atom. The molecule has 0 aliphatic heterocycles. The van der Waals surface area contributed by atoms with Gasteiger partial charge in [0.2, 0.25) is 0 Å². The molecule has 0 heterocycles. The summed E-state index contributed by atoms with van der Waals surface area (Å²) in [5.41, 5.74) is 0. The monoisotopic (exact) mass is 133 g/mol. The van der Waals surface area contributed by atoms with Crippen LogP contribution < -0.4 is 5.11 Å². The van der Waals surface area contributed by atoms with Crippen LogP contribution >= 0.6 is 0 Å². The summed E-state index contributed by atoms with van der Waals surface area (Å²) >= 11 is 0. The first-order valence-electron chi connectivity index (χ1n) is 2.77. The molecule has 0 aliphatic carbocycles. The molecule has 0 aliphatic rings. The van der Waals surface area contributed by atoms with E-state index < -0.39 is 6.16 Å². The first kappa shape index (κ1) is 8.23. The lowest BCUT2D eigenvalue weighted by molar-refractivity contribution is -0.360. The Bertz CT molecular complexity index is 81.0. The maximum atomic E-state index is 9.50. The lowest BCUT2D eigenvalue weighted by Crippen LogP contribution is -2.23. The summed E-state index contributed by atoms with van der Waals surface area (Å²) in [6.45, 7) is 2.26. The number of rotatable bonds is 4. The molecule has 0 atom stereocenters. The first-order valence-corrected chi connectivity index (χ1v) is 2.77. The van der Waals surface area contributed by atoms with E-state index in [4.69, 9.17) is 0 Å². The van der Waals surface area contributed by atoms with Gasteiger partial charge in [-0.3, -0.25) is 4.89 Å². The molecule has 0 saturated carbocycles. The highest BCUT2D eigenvalue weighted by atomic mass is 17.2. The van der Waals surface area contributed by atoms with Crippen LogP contribution in [0.3, 0.4) is 0 Å². The fourth-order valence-corrected chi connectivity index (χ4v) is 0.293. The topological polar surface area (TPSA) is 58.6 Å². The SMILES string of the molecule is CCCCOOC(=O)[O-]. The second kappa shape index (κ2) is 5.37. The Balaban J connectivity index is 2.83. The van der Waals surface area contributed by atoms with Crippen LogP contribution in [0.1, 0.15) is 19.8 Å². The average Bonchev–Trinajstić information content (AvgIpc) is 1.80. The summed E-state index contributed by atoms with van der Waals surface area (Å²) < 4.78 is 0. The third kappa shape index (κ3) is 7.23. The van der Waals surface area contributed by atoms with Crippen molar-refractivity contribution in [3.05, 3.63) is 0 Å². The van der Waals surface area contributed by atoms with Crippen LogP contribution in [0.25, 0.3) is 0 Å². The molecule has 0 amide bonds. The van der Waals surface area contributed by atoms with E-state index in [1.54, 1.807) is 0 Å². The minimum atomic E-state index is -1.65. The Kier molecular flexibility index (Phi) is 4.91. The first-order chi connectivity index (χ1) is 4.27. The van der Waals surface area contributed by atoms with Crippen molar-refractivity contribution in [2.24, 2.45) is 0 Å². The zero-order valence-corrected chi connectivity index (χ0v) is 5.25. The predicted octanol–water partition coefficient (Wildman–Crippen LogP) is 0.0780. The van der Waals surface area contributed by atoms with Gasteiger partial charge in [0.15, 0.2) is 0 Å². The highest BCUT2D eigenvalue weighted by Crippen LogP contribution is 1.87. The maximum absolute atomic E-state index is 9.50. The minimum Gasteiger partial charge on any atom is -0.424 e. The van der Waals surface area contributed by atoms with E-state index in [2.05, 4.69) is 9.78 Å². The van der Waals surface area contributed by atoms with Crippen LogP contribution in [0.2, 0.25) is 0 Å². The normalized spacial score (nSPS) is 9.00. The van der Waals surface area contributed by atoms with Crippen LogP contribution in [0.4, 0.5) is 4.79 Å². The van der Waals surface area contributed by atoms with Crippen LogP contribution in [-0.4, -0.2) is 12.8 Å². The number of carbonyl (C=O) groups is 1. The van der Waals surface area contributed by atoms with Gasteiger partial charge < -0.3 is 14.8 Å². The standard InChI is InChI=1S/C5H10O4/c1-2-3-4-8-9-5(6)7/h2-4H2,1H3,(H,6,7)/p-1. The summed E-state index contributed by atoms with van der Waals surface area (Å²) in [5.74, 6) is 0. The molecule has 0 N–H and O–H groups in total. The summed E-state index contributed by atoms with van der Waals surface area (Å²) in [7, 11) is 0. The minimum absolute atomic E-state index is 0.296. The molecular formula is C5H9O4-. The van der Waals surface area contributed by atoms with Gasteiger partial charge in [0, 0.05) is 0 Å². The van der Waals surface area contributed by atoms with Crippen molar-refractivity contribution in [2.45, 2.75) is 19.8 Å². The van der Waals surface area contributed by atoms with E-state index in [0.717, 1.165) is 12.8 Å². The van der Waals surface area contributed by atoms with Crippen molar-refractivity contribution >= 4 is 6.16 Å². The number of carboxylic acid groups (broad SMARTS) is 1. The van der Waals surface area contributed by atoms with Crippen LogP contribution in [0.5, 0.6) is 0 Å². The van der Waals surface area contributed by atoms with Crippen LogP contribution in [0, 0.1) is 0 Å². The van der Waals surface area contributed by atoms with Crippen molar-refractivity contribution in [3.63, 3.8) is 0 Å². The molecule has 0 aromatic rings. The summed E-state index contributed by atoms with van der Waals surface area (Å²) in [6.07, 6.45) is 0.0788. The van der Waals surface area contributed by atoms with Gasteiger partial charge in [-0.1, -0.05) is 13.3 Å². The number of unbranched alkanes of at least 4 members (excludes halogenated alkanes) is 1. The maximum Gasteiger partial charge on any atom is 0.278 e. The summed E-state index contributed by atoms with van der Waals surface area (Å²) in [4.78, 5) is 17.3. The molecule has 0 fully saturated rings. The van der Waals surface area contributed by atoms with Gasteiger partial charge in [0.05, 0.1) is 6.61 Å². The van der Waals surface area contributed by atoms with E-state index in [-0.39, 0.29) is 0 Å².